The Morgan fingerprint density at radius 3 is 2.73 bits per heavy atom. The first-order valence-corrected chi connectivity index (χ1v) is 4.95. The van der Waals surface area contributed by atoms with E-state index in [0.717, 1.165) is 0 Å². The van der Waals surface area contributed by atoms with Crippen molar-refractivity contribution in [3.05, 3.63) is 0 Å². The van der Waals surface area contributed by atoms with Crippen molar-refractivity contribution >= 4 is 5.97 Å². The molecule has 0 aromatic rings. The lowest BCUT2D eigenvalue weighted by Crippen LogP contribution is -2.51. The third-order valence-electron chi connectivity index (χ3n) is 2.11. The maximum Gasteiger partial charge on any atom is 0.326 e. The van der Waals surface area contributed by atoms with Gasteiger partial charge in [-0.3, -0.25) is 10.1 Å². The van der Waals surface area contributed by atoms with Gasteiger partial charge in [0.25, 0.3) is 0 Å². The Balaban J connectivity index is 4.39. The average molecular weight is 213 g/mol. The van der Waals surface area contributed by atoms with Crippen LogP contribution in [0.1, 0.15) is 20.3 Å². The summed E-state index contributed by atoms with van der Waals surface area (Å²) in [6.07, 6.45) is 5.67. The Hall–Kier alpha value is -1.05. The number of hydrogen-bond acceptors (Lipinski definition) is 4. The van der Waals surface area contributed by atoms with Gasteiger partial charge in [-0.05, 0) is 20.3 Å². The molecule has 0 radical (unpaired) electrons. The first-order valence-electron chi connectivity index (χ1n) is 4.95. The van der Waals surface area contributed by atoms with Gasteiger partial charge in [0.2, 0.25) is 0 Å². The topological polar surface area (TPSA) is 47.6 Å². The molecule has 0 saturated carbocycles. The van der Waals surface area contributed by atoms with Gasteiger partial charge < -0.3 is 9.47 Å². The third-order valence-corrected chi connectivity index (χ3v) is 2.11. The Bertz CT molecular complexity index is 234. The zero-order valence-electron chi connectivity index (χ0n) is 9.63. The lowest BCUT2D eigenvalue weighted by molar-refractivity contribution is -0.151. The summed E-state index contributed by atoms with van der Waals surface area (Å²) in [6.45, 7) is 4.71. The predicted molar refractivity (Wildman–Crippen MR) is 58.4 cm³/mol. The molecule has 1 atom stereocenters. The van der Waals surface area contributed by atoms with E-state index in [4.69, 9.17) is 15.9 Å². The molecule has 0 aromatic heterocycles. The second kappa shape index (κ2) is 7.27. The van der Waals surface area contributed by atoms with Crippen molar-refractivity contribution in [3.63, 3.8) is 0 Å². The lowest BCUT2D eigenvalue weighted by Gasteiger charge is -2.27. The largest absolute Gasteiger partial charge is 0.465 e. The van der Waals surface area contributed by atoms with E-state index < -0.39 is 5.54 Å². The van der Waals surface area contributed by atoms with Crippen LogP contribution in [0.15, 0.2) is 0 Å². The highest BCUT2D eigenvalue weighted by Crippen LogP contribution is 2.12. The number of nitrogens with one attached hydrogen (secondary N) is 1. The first-order chi connectivity index (χ1) is 7.10. The number of methoxy groups -OCH3 is 1. The zero-order chi connectivity index (χ0) is 11.7. The Morgan fingerprint density at radius 1 is 1.60 bits per heavy atom. The highest BCUT2D eigenvalue weighted by molar-refractivity contribution is 5.80. The van der Waals surface area contributed by atoms with Gasteiger partial charge in [-0.25, -0.2) is 0 Å². The molecule has 0 aliphatic carbocycles. The van der Waals surface area contributed by atoms with E-state index in [2.05, 4.69) is 11.2 Å². The van der Waals surface area contributed by atoms with Crippen LogP contribution in [-0.4, -0.2) is 38.4 Å². The molecule has 0 bridgehead atoms. The molecule has 0 spiro atoms. The molecule has 4 heteroatoms. The summed E-state index contributed by atoms with van der Waals surface area (Å²) in [4.78, 5) is 11.7. The molecule has 1 unspecified atom stereocenters. The number of carbonyl (C=O) groups is 1. The molecule has 0 rings (SSSR count). The molecule has 0 aromatic carbocycles. The molecule has 15 heavy (non-hydrogen) atoms. The van der Waals surface area contributed by atoms with Crippen molar-refractivity contribution in [1.29, 1.82) is 0 Å². The zero-order valence-corrected chi connectivity index (χ0v) is 9.63. The summed E-state index contributed by atoms with van der Waals surface area (Å²) in [6, 6.07) is 0. The van der Waals surface area contributed by atoms with Gasteiger partial charge in [0.15, 0.2) is 0 Å². The van der Waals surface area contributed by atoms with Gasteiger partial charge in [-0.1, -0.05) is 5.92 Å². The lowest BCUT2D eigenvalue weighted by atomic mass is 9.98. The van der Waals surface area contributed by atoms with Crippen LogP contribution in [0.3, 0.4) is 0 Å². The van der Waals surface area contributed by atoms with Crippen LogP contribution < -0.4 is 5.32 Å². The second-order valence-electron chi connectivity index (χ2n) is 3.35. The monoisotopic (exact) mass is 213 g/mol. The van der Waals surface area contributed by atoms with E-state index in [1.165, 1.54) is 0 Å². The highest BCUT2D eigenvalue weighted by atomic mass is 16.5. The SMILES string of the molecule is C#CCNC(C)(CCOC)C(=O)OCC. The molecular weight excluding hydrogens is 194 g/mol. The summed E-state index contributed by atoms with van der Waals surface area (Å²) < 4.78 is 9.92. The third kappa shape index (κ3) is 4.82. The molecule has 4 nitrogen and oxygen atoms in total. The molecule has 0 aliphatic rings. The van der Waals surface area contributed by atoms with E-state index in [-0.39, 0.29) is 5.97 Å². The normalized spacial score (nSPS) is 14.0. The summed E-state index contributed by atoms with van der Waals surface area (Å²) in [5.74, 6) is 2.14. The van der Waals surface area contributed by atoms with Gasteiger partial charge in [0, 0.05) is 13.7 Å². The number of esters is 1. The number of rotatable bonds is 7. The number of ether oxygens (including phenoxy) is 2. The van der Waals surface area contributed by atoms with Crippen molar-refractivity contribution in [2.24, 2.45) is 0 Å². The summed E-state index contributed by atoms with van der Waals surface area (Å²) in [7, 11) is 1.59. The van der Waals surface area contributed by atoms with E-state index >= 15 is 0 Å². The van der Waals surface area contributed by atoms with Crippen LogP contribution in [0, 0.1) is 12.3 Å². The first kappa shape index (κ1) is 13.9. The minimum absolute atomic E-state index is 0.294. The van der Waals surface area contributed by atoms with Crippen LogP contribution in [0.25, 0.3) is 0 Å². The maximum atomic E-state index is 11.7. The van der Waals surface area contributed by atoms with E-state index in [9.17, 15) is 4.79 Å². The Morgan fingerprint density at radius 2 is 2.27 bits per heavy atom. The minimum Gasteiger partial charge on any atom is -0.465 e. The van der Waals surface area contributed by atoms with E-state index in [1.807, 2.05) is 0 Å². The highest BCUT2D eigenvalue weighted by Gasteiger charge is 2.33. The molecule has 86 valence electrons. The minimum atomic E-state index is -0.765. The van der Waals surface area contributed by atoms with Crippen molar-refractivity contribution < 1.29 is 14.3 Å². The smallest absolute Gasteiger partial charge is 0.326 e. The maximum absolute atomic E-state index is 11.7. The van der Waals surface area contributed by atoms with Gasteiger partial charge in [-0.2, -0.15) is 0 Å². The van der Waals surface area contributed by atoms with Crippen molar-refractivity contribution in [2.75, 3.05) is 26.9 Å². The second-order valence-corrected chi connectivity index (χ2v) is 3.35. The molecule has 0 heterocycles. The molecule has 0 aliphatic heterocycles. The Labute approximate surface area is 91.3 Å². The average Bonchev–Trinajstić information content (AvgIpc) is 2.24. The predicted octanol–water partition coefficient (Wildman–Crippen LogP) is 0.567. The van der Waals surface area contributed by atoms with Crippen molar-refractivity contribution in [3.8, 4) is 12.3 Å². The number of carbonyl (C=O) groups excluding carboxylic acids is 1. The van der Waals surface area contributed by atoms with Crippen LogP contribution >= 0.6 is 0 Å². The standard InChI is InChI=1S/C11H19NO3/c1-5-8-12-11(3,7-9-14-4)10(13)15-6-2/h1,12H,6-9H2,2-4H3. The molecule has 1 N–H and O–H groups in total. The summed E-state index contributed by atoms with van der Waals surface area (Å²) in [5, 5.41) is 2.97. The quantitative estimate of drug-likeness (QED) is 0.496. The van der Waals surface area contributed by atoms with Gasteiger partial charge in [0.05, 0.1) is 13.2 Å². The van der Waals surface area contributed by atoms with Crippen LogP contribution in [0.2, 0.25) is 0 Å². The van der Waals surface area contributed by atoms with E-state index in [1.54, 1.807) is 21.0 Å². The van der Waals surface area contributed by atoms with Crippen LogP contribution in [0.4, 0.5) is 0 Å². The summed E-state index contributed by atoms with van der Waals surface area (Å²) >= 11 is 0. The fourth-order valence-corrected chi connectivity index (χ4v) is 1.11. The molecule has 0 saturated heterocycles. The summed E-state index contributed by atoms with van der Waals surface area (Å²) in [5.41, 5.74) is -0.765. The van der Waals surface area contributed by atoms with Gasteiger partial charge >= 0.3 is 5.97 Å². The number of hydrogen-bond donors (Lipinski definition) is 1. The fraction of sp³-hybridized carbons (Fsp3) is 0.727. The number of terminal acetylenes is 1. The van der Waals surface area contributed by atoms with Crippen molar-refractivity contribution in [1.82, 2.24) is 5.32 Å². The van der Waals surface area contributed by atoms with E-state index in [0.29, 0.717) is 26.2 Å². The van der Waals surface area contributed by atoms with Crippen LogP contribution in [0.5, 0.6) is 0 Å². The molecule has 0 amide bonds. The molecular formula is C11H19NO3. The van der Waals surface area contributed by atoms with Crippen molar-refractivity contribution in [2.45, 2.75) is 25.8 Å². The fourth-order valence-electron chi connectivity index (χ4n) is 1.11. The van der Waals surface area contributed by atoms with Crippen LogP contribution in [-0.2, 0) is 14.3 Å². The molecule has 0 fully saturated rings. The Kier molecular flexibility index (Phi) is 6.76. The van der Waals surface area contributed by atoms with Gasteiger partial charge in [-0.15, -0.1) is 6.42 Å². The van der Waals surface area contributed by atoms with Gasteiger partial charge in [0.1, 0.15) is 5.54 Å².